The summed E-state index contributed by atoms with van der Waals surface area (Å²) in [6.45, 7) is 1.07. The first kappa shape index (κ1) is 19.6. The minimum atomic E-state index is 0.432. The zero-order chi connectivity index (χ0) is 20.9. The molecular weight excluding hydrogens is 402 g/mol. The van der Waals surface area contributed by atoms with Gasteiger partial charge in [0, 0.05) is 28.9 Å². The summed E-state index contributed by atoms with van der Waals surface area (Å²) >= 11 is 1.40. The van der Waals surface area contributed by atoms with Crippen LogP contribution in [0.15, 0.2) is 48.0 Å². The Hall–Kier alpha value is -3.70. The van der Waals surface area contributed by atoms with Crippen LogP contribution in [-0.4, -0.2) is 32.4 Å². The summed E-state index contributed by atoms with van der Waals surface area (Å²) in [6.07, 6.45) is 1.64. The van der Waals surface area contributed by atoms with Crippen LogP contribution in [0.25, 0.3) is 16.8 Å². The Morgan fingerprint density at radius 2 is 1.90 bits per heavy atom. The average molecular weight is 421 g/mol. The molecule has 1 aliphatic rings. The van der Waals surface area contributed by atoms with Crippen molar-refractivity contribution in [1.82, 2.24) is 4.98 Å². The molecule has 7 nitrogen and oxygen atoms in total. The molecule has 8 heteroatoms. The van der Waals surface area contributed by atoms with Crippen LogP contribution in [0, 0.1) is 11.3 Å². The summed E-state index contributed by atoms with van der Waals surface area (Å²) in [6, 6.07) is 13.4. The molecule has 4 rings (SSSR count). The van der Waals surface area contributed by atoms with Crippen LogP contribution >= 0.6 is 11.3 Å². The van der Waals surface area contributed by atoms with Crippen LogP contribution in [0.5, 0.6) is 23.0 Å². The standard InChI is InChI=1S/C22H19N3O4S/c1-26-18-5-3-14(9-20(18)27-2)17-13-30-22(25-17)15(11-23)12-24-16-4-6-19-21(10-16)29-8-7-28-19/h3-6,9-10,12-13,24H,7-8H2,1-2H3/b15-12+. The number of nitrogens with one attached hydrogen (secondary N) is 1. The lowest BCUT2D eigenvalue weighted by atomic mass is 10.1. The van der Waals surface area contributed by atoms with E-state index >= 15 is 0 Å². The van der Waals surface area contributed by atoms with E-state index in [1.807, 2.05) is 41.8 Å². The molecule has 3 aromatic rings. The van der Waals surface area contributed by atoms with Crippen molar-refractivity contribution in [3.8, 4) is 40.3 Å². The minimum absolute atomic E-state index is 0.432. The number of rotatable bonds is 6. The van der Waals surface area contributed by atoms with E-state index in [2.05, 4.69) is 16.4 Å². The highest BCUT2D eigenvalue weighted by atomic mass is 32.1. The summed E-state index contributed by atoms with van der Waals surface area (Å²) in [5.41, 5.74) is 2.87. The summed E-state index contributed by atoms with van der Waals surface area (Å²) in [5.74, 6) is 2.68. The quantitative estimate of drug-likeness (QED) is 0.583. The Morgan fingerprint density at radius 1 is 1.10 bits per heavy atom. The number of allylic oxidation sites excluding steroid dienone is 1. The van der Waals surface area contributed by atoms with Crippen LogP contribution in [0.4, 0.5) is 5.69 Å². The summed E-state index contributed by atoms with van der Waals surface area (Å²) in [7, 11) is 3.19. The highest BCUT2D eigenvalue weighted by molar-refractivity contribution is 7.11. The van der Waals surface area contributed by atoms with E-state index in [0.29, 0.717) is 41.0 Å². The normalized spacial score (nSPS) is 12.8. The molecular formula is C22H19N3O4S. The van der Waals surface area contributed by atoms with Gasteiger partial charge in [-0.3, -0.25) is 0 Å². The van der Waals surface area contributed by atoms with Gasteiger partial charge in [0.05, 0.1) is 19.9 Å². The molecule has 0 atom stereocenters. The van der Waals surface area contributed by atoms with Gasteiger partial charge in [0.2, 0.25) is 0 Å². The number of aromatic nitrogens is 1. The SMILES string of the molecule is COc1ccc(-c2csc(/C(C#N)=C/Nc3ccc4c(c3)OCCO4)n2)cc1OC. The van der Waals surface area contributed by atoms with Crippen LogP contribution in [-0.2, 0) is 0 Å². The molecule has 30 heavy (non-hydrogen) atoms. The van der Waals surface area contributed by atoms with E-state index in [1.54, 1.807) is 20.4 Å². The zero-order valence-electron chi connectivity index (χ0n) is 16.5. The maximum Gasteiger partial charge on any atom is 0.163 e. The largest absolute Gasteiger partial charge is 0.493 e. The predicted molar refractivity (Wildman–Crippen MR) is 115 cm³/mol. The van der Waals surface area contributed by atoms with Crippen LogP contribution < -0.4 is 24.3 Å². The van der Waals surface area contributed by atoms with Gasteiger partial charge >= 0.3 is 0 Å². The fourth-order valence-corrected chi connectivity index (χ4v) is 3.75. The average Bonchev–Trinajstić information content (AvgIpc) is 3.29. The maximum absolute atomic E-state index is 9.61. The highest BCUT2D eigenvalue weighted by Gasteiger charge is 2.13. The molecule has 2 aromatic carbocycles. The lowest BCUT2D eigenvalue weighted by Crippen LogP contribution is -2.15. The van der Waals surface area contributed by atoms with Crippen molar-refractivity contribution in [2.75, 3.05) is 32.8 Å². The second-order valence-electron chi connectivity index (χ2n) is 6.28. The Kier molecular flexibility index (Phi) is 5.72. The molecule has 1 N–H and O–H groups in total. The summed E-state index contributed by atoms with van der Waals surface area (Å²) in [4.78, 5) is 4.61. The van der Waals surface area contributed by atoms with Gasteiger partial charge in [0.15, 0.2) is 23.0 Å². The van der Waals surface area contributed by atoms with Gasteiger partial charge in [-0.05, 0) is 30.3 Å². The third-order valence-electron chi connectivity index (χ3n) is 4.46. The van der Waals surface area contributed by atoms with E-state index in [0.717, 1.165) is 22.7 Å². The van der Waals surface area contributed by atoms with Gasteiger partial charge in [-0.2, -0.15) is 5.26 Å². The Balaban J connectivity index is 1.55. The molecule has 2 heterocycles. The number of hydrogen-bond donors (Lipinski definition) is 1. The molecule has 152 valence electrons. The lowest BCUT2D eigenvalue weighted by molar-refractivity contribution is 0.171. The van der Waals surface area contributed by atoms with E-state index in [4.69, 9.17) is 18.9 Å². The first-order valence-corrected chi connectivity index (χ1v) is 10.0. The molecule has 0 saturated heterocycles. The molecule has 1 aromatic heterocycles. The van der Waals surface area contributed by atoms with Crippen LogP contribution in [0.1, 0.15) is 5.01 Å². The first-order valence-electron chi connectivity index (χ1n) is 9.16. The number of thiazole rings is 1. The third-order valence-corrected chi connectivity index (χ3v) is 5.34. The maximum atomic E-state index is 9.61. The predicted octanol–water partition coefficient (Wildman–Crippen LogP) is 4.58. The fourth-order valence-electron chi connectivity index (χ4n) is 2.96. The molecule has 0 amide bonds. The highest BCUT2D eigenvalue weighted by Crippen LogP contribution is 2.34. The number of anilines is 1. The van der Waals surface area contributed by atoms with Crippen molar-refractivity contribution < 1.29 is 18.9 Å². The number of fused-ring (bicyclic) bond motifs is 1. The number of nitrogens with zero attached hydrogens (tertiary/aromatic N) is 2. The van der Waals surface area contributed by atoms with E-state index in [9.17, 15) is 5.26 Å². The molecule has 0 bridgehead atoms. The molecule has 0 radical (unpaired) electrons. The van der Waals surface area contributed by atoms with Gasteiger partial charge in [0.1, 0.15) is 29.9 Å². The third kappa shape index (κ3) is 4.02. The van der Waals surface area contributed by atoms with E-state index < -0.39 is 0 Å². The number of methoxy groups -OCH3 is 2. The van der Waals surface area contributed by atoms with Gasteiger partial charge in [0.25, 0.3) is 0 Å². The Bertz CT molecular complexity index is 1130. The van der Waals surface area contributed by atoms with Gasteiger partial charge in [-0.15, -0.1) is 11.3 Å². The minimum Gasteiger partial charge on any atom is -0.493 e. The molecule has 0 fully saturated rings. The van der Waals surface area contributed by atoms with Crippen LogP contribution in [0.2, 0.25) is 0 Å². The van der Waals surface area contributed by atoms with Crippen LogP contribution in [0.3, 0.4) is 0 Å². The van der Waals surface area contributed by atoms with Gasteiger partial charge in [-0.1, -0.05) is 0 Å². The van der Waals surface area contributed by atoms with Gasteiger partial charge < -0.3 is 24.3 Å². The van der Waals surface area contributed by atoms with Crippen molar-refractivity contribution in [3.05, 3.63) is 53.0 Å². The van der Waals surface area contributed by atoms with Gasteiger partial charge in [-0.25, -0.2) is 4.98 Å². The van der Waals surface area contributed by atoms with Crippen molar-refractivity contribution in [1.29, 1.82) is 5.26 Å². The van der Waals surface area contributed by atoms with Crippen molar-refractivity contribution in [3.63, 3.8) is 0 Å². The fraction of sp³-hybridized carbons (Fsp3) is 0.182. The van der Waals surface area contributed by atoms with Crippen molar-refractivity contribution in [2.24, 2.45) is 0 Å². The molecule has 0 unspecified atom stereocenters. The number of hydrogen-bond acceptors (Lipinski definition) is 8. The van der Waals surface area contributed by atoms with Crippen molar-refractivity contribution in [2.45, 2.75) is 0 Å². The Morgan fingerprint density at radius 3 is 2.67 bits per heavy atom. The molecule has 0 spiro atoms. The number of nitriles is 1. The van der Waals surface area contributed by atoms with Crippen molar-refractivity contribution >= 4 is 22.6 Å². The summed E-state index contributed by atoms with van der Waals surface area (Å²) in [5, 5.41) is 15.3. The second-order valence-corrected chi connectivity index (χ2v) is 7.14. The second kappa shape index (κ2) is 8.76. The molecule has 0 aliphatic carbocycles. The Labute approximate surface area is 178 Å². The zero-order valence-corrected chi connectivity index (χ0v) is 17.3. The monoisotopic (exact) mass is 421 g/mol. The first-order chi connectivity index (χ1) is 14.7. The number of benzene rings is 2. The smallest absolute Gasteiger partial charge is 0.163 e. The topological polar surface area (TPSA) is 85.6 Å². The molecule has 1 aliphatic heterocycles. The lowest BCUT2D eigenvalue weighted by Gasteiger charge is -2.18. The van der Waals surface area contributed by atoms with E-state index in [1.165, 1.54) is 11.3 Å². The molecule has 0 saturated carbocycles. The summed E-state index contributed by atoms with van der Waals surface area (Å²) < 4.78 is 21.7. The number of ether oxygens (including phenoxy) is 4. The van der Waals surface area contributed by atoms with E-state index in [-0.39, 0.29) is 0 Å².